The molecule has 0 spiro atoms. The third kappa shape index (κ3) is 4.52. The van der Waals surface area contributed by atoms with E-state index >= 15 is 0 Å². The van der Waals surface area contributed by atoms with Gasteiger partial charge in [-0.3, -0.25) is 0 Å². The zero-order valence-electron chi connectivity index (χ0n) is 22.1. The summed E-state index contributed by atoms with van der Waals surface area (Å²) in [5.41, 5.74) is 1.24. The third-order valence-electron chi connectivity index (χ3n) is 11.3. The maximum Gasteiger partial charge on any atom is 0.0581 e. The van der Waals surface area contributed by atoms with Gasteiger partial charge in [0.05, 0.1) is 12.2 Å². The average molecular weight is 431 g/mol. The highest BCUT2D eigenvalue weighted by Gasteiger charge is 2.60. The first kappa shape index (κ1) is 24.1. The minimum atomic E-state index is 0.388. The molecule has 9 unspecified atom stereocenters. The molecule has 4 fully saturated rings. The van der Waals surface area contributed by atoms with Gasteiger partial charge in [-0.05, 0) is 124 Å². The Labute approximate surface area is 194 Å². The van der Waals surface area contributed by atoms with E-state index in [4.69, 9.17) is 4.74 Å². The van der Waals surface area contributed by atoms with Gasteiger partial charge in [-0.2, -0.15) is 0 Å². The molecular weight excluding hydrogens is 376 g/mol. The molecule has 31 heavy (non-hydrogen) atoms. The monoisotopic (exact) mass is 430 g/mol. The van der Waals surface area contributed by atoms with Crippen molar-refractivity contribution in [1.82, 2.24) is 0 Å². The van der Waals surface area contributed by atoms with Crippen LogP contribution in [-0.4, -0.2) is 12.2 Å². The van der Waals surface area contributed by atoms with Crippen LogP contribution in [0.5, 0.6) is 0 Å². The van der Waals surface area contributed by atoms with E-state index in [9.17, 15) is 0 Å². The van der Waals surface area contributed by atoms with Crippen LogP contribution in [0.1, 0.15) is 126 Å². The fourth-order valence-electron chi connectivity index (χ4n) is 9.75. The molecule has 4 aliphatic carbocycles. The Morgan fingerprint density at radius 3 is 2.19 bits per heavy atom. The third-order valence-corrected chi connectivity index (χ3v) is 11.3. The topological polar surface area (TPSA) is 9.23 Å². The Hall–Kier alpha value is -0.0400. The predicted molar refractivity (Wildman–Crippen MR) is 133 cm³/mol. The summed E-state index contributed by atoms with van der Waals surface area (Å²) in [6, 6.07) is 0. The van der Waals surface area contributed by atoms with Crippen LogP contribution >= 0.6 is 0 Å². The lowest BCUT2D eigenvalue weighted by Gasteiger charge is -2.61. The molecule has 0 aromatic rings. The zero-order chi connectivity index (χ0) is 22.4. The summed E-state index contributed by atoms with van der Waals surface area (Å²) in [7, 11) is 0. The molecule has 0 saturated heterocycles. The van der Waals surface area contributed by atoms with E-state index < -0.39 is 0 Å². The van der Waals surface area contributed by atoms with Crippen LogP contribution in [0.25, 0.3) is 0 Å². The van der Waals surface area contributed by atoms with Gasteiger partial charge in [0.15, 0.2) is 0 Å². The molecule has 4 aliphatic rings. The Balaban J connectivity index is 1.43. The summed E-state index contributed by atoms with van der Waals surface area (Å²) < 4.78 is 6.29. The highest BCUT2D eigenvalue weighted by Crippen LogP contribution is 2.68. The Morgan fingerprint density at radius 1 is 0.774 bits per heavy atom. The number of fused-ring (bicyclic) bond motifs is 5. The molecule has 0 aromatic heterocycles. The Kier molecular flexibility index (Phi) is 7.23. The molecule has 0 radical (unpaired) electrons. The first-order valence-corrected chi connectivity index (χ1v) is 14.3. The van der Waals surface area contributed by atoms with Crippen LogP contribution in [0.3, 0.4) is 0 Å². The summed E-state index contributed by atoms with van der Waals surface area (Å²) in [6.07, 6.45) is 18.4. The highest BCUT2D eigenvalue weighted by atomic mass is 16.5. The van der Waals surface area contributed by atoms with Crippen molar-refractivity contribution >= 4 is 0 Å². The molecule has 0 aliphatic heterocycles. The van der Waals surface area contributed by atoms with Crippen molar-refractivity contribution in [3.63, 3.8) is 0 Å². The minimum Gasteiger partial charge on any atom is -0.376 e. The van der Waals surface area contributed by atoms with Gasteiger partial charge in [0.25, 0.3) is 0 Å². The van der Waals surface area contributed by atoms with Crippen molar-refractivity contribution in [2.24, 2.45) is 52.3 Å². The van der Waals surface area contributed by atoms with Crippen LogP contribution in [0.2, 0.25) is 0 Å². The van der Waals surface area contributed by atoms with Crippen molar-refractivity contribution in [1.29, 1.82) is 0 Å². The van der Waals surface area contributed by atoms with Crippen LogP contribution in [0.4, 0.5) is 0 Å². The van der Waals surface area contributed by atoms with Gasteiger partial charge in [-0.15, -0.1) is 0 Å². The van der Waals surface area contributed by atoms with E-state index in [1.807, 2.05) is 0 Å². The van der Waals surface area contributed by atoms with E-state index in [1.54, 1.807) is 0 Å². The molecule has 9 atom stereocenters. The van der Waals surface area contributed by atoms with Gasteiger partial charge in [-0.25, -0.2) is 0 Å². The van der Waals surface area contributed by atoms with Crippen LogP contribution in [0, 0.1) is 52.3 Å². The number of rotatable bonds is 7. The minimum absolute atomic E-state index is 0.388. The van der Waals surface area contributed by atoms with Crippen molar-refractivity contribution in [3.8, 4) is 0 Å². The second kappa shape index (κ2) is 9.31. The second-order valence-electron chi connectivity index (χ2n) is 13.8. The summed E-state index contributed by atoms with van der Waals surface area (Å²) in [4.78, 5) is 0. The molecule has 0 heterocycles. The average Bonchev–Trinajstić information content (AvgIpc) is 3.05. The van der Waals surface area contributed by atoms with Gasteiger partial charge in [0.2, 0.25) is 0 Å². The first-order chi connectivity index (χ1) is 14.6. The standard InChI is InChI=1S/C30H54O/c1-20(2)9-8-10-22(5)26-13-14-27-25-12-11-23-19-24(31-21(3)4)15-17-29(23,6)28(25)16-18-30(26,27)7/h20-28H,8-19H2,1-7H3. The van der Waals surface area contributed by atoms with E-state index in [0.717, 1.165) is 41.4 Å². The molecular formula is C30H54O. The van der Waals surface area contributed by atoms with Crippen LogP contribution < -0.4 is 0 Å². The van der Waals surface area contributed by atoms with Gasteiger partial charge in [0, 0.05) is 0 Å². The largest absolute Gasteiger partial charge is 0.376 e. The fraction of sp³-hybridized carbons (Fsp3) is 1.00. The second-order valence-corrected chi connectivity index (χ2v) is 13.8. The Bertz CT molecular complexity index is 595. The molecule has 4 saturated carbocycles. The smallest absolute Gasteiger partial charge is 0.0581 e. The highest BCUT2D eigenvalue weighted by molar-refractivity contribution is 5.09. The summed E-state index contributed by atoms with van der Waals surface area (Å²) in [5.74, 6) is 6.75. The molecule has 0 aromatic carbocycles. The van der Waals surface area contributed by atoms with Crippen molar-refractivity contribution in [2.75, 3.05) is 0 Å². The van der Waals surface area contributed by atoms with Gasteiger partial charge < -0.3 is 4.74 Å². The van der Waals surface area contributed by atoms with Crippen molar-refractivity contribution < 1.29 is 4.74 Å². The first-order valence-electron chi connectivity index (χ1n) is 14.3. The number of ether oxygens (including phenoxy) is 1. The van der Waals surface area contributed by atoms with E-state index in [0.29, 0.717) is 23.0 Å². The molecule has 180 valence electrons. The SMILES string of the molecule is CC(C)CCCC(C)C1CCC2C3CCC4CC(OC(C)C)CCC4(C)C3CCC12C. The lowest BCUT2D eigenvalue weighted by Crippen LogP contribution is -2.54. The lowest BCUT2D eigenvalue weighted by atomic mass is 9.44. The number of hydrogen-bond acceptors (Lipinski definition) is 1. The summed E-state index contributed by atoms with van der Waals surface area (Å²) >= 11 is 0. The maximum absolute atomic E-state index is 6.29. The zero-order valence-corrected chi connectivity index (χ0v) is 22.1. The summed E-state index contributed by atoms with van der Waals surface area (Å²) in [6.45, 7) is 17.3. The van der Waals surface area contributed by atoms with E-state index in [2.05, 4.69) is 48.5 Å². The van der Waals surface area contributed by atoms with Crippen LogP contribution in [-0.2, 0) is 4.74 Å². The fourth-order valence-corrected chi connectivity index (χ4v) is 9.75. The van der Waals surface area contributed by atoms with Gasteiger partial charge in [0.1, 0.15) is 0 Å². The molecule has 1 heteroatoms. The maximum atomic E-state index is 6.29. The van der Waals surface area contributed by atoms with Crippen molar-refractivity contribution in [2.45, 2.75) is 138 Å². The predicted octanol–water partition coefficient (Wildman–Crippen LogP) is 8.90. The summed E-state index contributed by atoms with van der Waals surface area (Å²) in [5, 5.41) is 0. The molecule has 0 bridgehead atoms. The quantitative estimate of drug-likeness (QED) is 0.392. The number of hydrogen-bond donors (Lipinski definition) is 0. The Morgan fingerprint density at radius 2 is 1.48 bits per heavy atom. The van der Waals surface area contributed by atoms with E-state index in [-0.39, 0.29) is 0 Å². The van der Waals surface area contributed by atoms with Crippen LogP contribution in [0.15, 0.2) is 0 Å². The molecule has 0 amide bonds. The molecule has 1 nitrogen and oxygen atoms in total. The normalized spacial score (nSPS) is 46.0. The van der Waals surface area contributed by atoms with Crippen molar-refractivity contribution in [3.05, 3.63) is 0 Å². The van der Waals surface area contributed by atoms with E-state index in [1.165, 1.54) is 77.0 Å². The molecule has 4 rings (SSSR count). The van der Waals surface area contributed by atoms with Gasteiger partial charge >= 0.3 is 0 Å². The molecule has 0 N–H and O–H groups in total. The lowest BCUT2D eigenvalue weighted by molar-refractivity contribution is -0.142. The van der Waals surface area contributed by atoms with Gasteiger partial charge in [-0.1, -0.05) is 53.9 Å².